The van der Waals surface area contributed by atoms with Crippen molar-refractivity contribution in [2.45, 2.75) is 26.9 Å². The highest BCUT2D eigenvalue weighted by Crippen LogP contribution is 2.34. The summed E-state index contributed by atoms with van der Waals surface area (Å²) in [4.78, 5) is 38.5. The van der Waals surface area contributed by atoms with Crippen molar-refractivity contribution in [3.63, 3.8) is 0 Å². The lowest BCUT2D eigenvalue weighted by atomic mass is 10.0. The van der Waals surface area contributed by atoms with E-state index in [9.17, 15) is 19.5 Å². The first-order valence-corrected chi connectivity index (χ1v) is 10.1. The van der Waals surface area contributed by atoms with Gasteiger partial charge in [-0.25, -0.2) is 4.79 Å². The monoisotopic (exact) mass is 454 g/mol. The molecule has 1 saturated heterocycles. The number of aliphatic carboxylic acids is 1. The van der Waals surface area contributed by atoms with Crippen LogP contribution in [-0.4, -0.2) is 41.2 Å². The first-order chi connectivity index (χ1) is 15.1. The molecule has 0 aliphatic carbocycles. The Morgan fingerprint density at radius 2 is 1.84 bits per heavy atom. The van der Waals surface area contributed by atoms with Gasteiger partial charge in [0, 0.05) is 5.56 Å². The molecule has 0 aromatic heterocycles. The topological polar surface area (TPSA) is 105 Å². The number of carboxylic acids is 1. The molecule has 1 heterocycles. The van der Waals surface area contributed by atoms with Crippen LogP contribution in [0, 0.1) is 13.8 Å². The molecule has 1 aliphatic rings. The molecule has 32 heavy (non-hydrogen) atoms. The number of para-hydroxylation sites is 1. The number of hydrogen-bond donors (Lipinski definition) is 2. The van der Waals surface area contributed by atoms with E-state index >= 15 is 0 Å². The molecule has 0 saturated carbocycles. The Balaban J connectivity index is 2.09. The van der Waals surface area contributed by atoms with Crippen molar-refractivity contribution in [2.75, 3.05) is 12.0 Å². The minimum atomic E-state index is -1.18. The number of thiocarbonyl (C=S) groups is 1. The largest absolute Gasteiger partial charge is 0.493 e. The van der Waals surface area contributed by atoms with Gasteiger partial charge in [0.25, 0.3) is 11.8 Å². The van der Waals surface area contributed by atoms with Gasteiger partial charge >= 0.3 is 5.97 Å². The quantitative estimate of drug-likeness (QED) is 0.393. The van der Waals surface area contributed by atoms with E-state index in [4.69, 9.17) is 21.7 Å². The average molecular weight is 455 g/mol. The molecule has 0 unspecified atom stereocenters. The lowest BCUT2D eigenvalue weighted by molar-refractivity contribution is -0.144. The van der Waals surface area contributed by atoms with Crippen molar-refractivity contribution in [2.24, 2.45) is 0 Å². The lowest BCUT2D eigenvalue weighted by Gasteiger charge is -2.29. The van der Waals surface area contributed by atoms with Crippen LogP contribution in [0.4, 0.5) is 5.69 Å². The second-order valence-corrected chi connectivity index (χ2v) is 7.67. The fraction of sp³-hybridized carbons (Fsp3) is 0.217. The highest BCUT2D eigenvalue weighted by atomic mass is 32.1. The van der Waals surface area contributed by atoms with Crippen molar-refractivity contribution < 1.29 is 29.0 Å². The molecule has 2 aromatic rings. The molecule has 166 valence electrons. The predicted octanol–water partition coefficient (Wildman–Crippen LogP) is 3.00. The average Bonchev–Trinajstić information content (AvgIpc) is 2.70. The lowest BCUT2D eigenvalue weighted by Crippen LogP contribution is -2.54. The van der Waals surface area contributed by atoms with Crippen molar-refractivity contribution >= 4 is 46.9 Å². The van der Waals surface area contributed by atoms with E-state index in [1.54, 1.807) is 30.3 Å². The second-order valence-electron chi connectivity index (χ2n) is 7.28. The minimum Gasteiger partial charge on any atom is -0.493 e. The van der Waals surface area contributed by atoms with Gasteiger partial charge in [0.05, 0.1) is 12.8 Å². The van der Waals surface area contributed by atoms with Gasteiger partial charge in [0.2, 0.25) is 0 Å². The number of carboxylic acid groups (broad SMARTS) is 1. The minimum absolute atomic E-state index is 0.0243. The molecule has 1 aliphatic heterocycles. The smallest absolute Gasteiger partial charge is 0.344 e. The second kappa shape index (κ2) is 9.19. The maximum Gasteiger partial charge on any atom is 0.344 e. The molecular formula is C23H22N2O6S. The Labute approximate surface area is 190 Å². The Bertz CT molecular complexity index is 1140. The molecule has 0 radical (unpaired) electrons. The van der Waals surface area contributed by atoms with Gasteiger partial charge in [-0.1, -0.05) is 18.2 Å². The van der Waals surface area contributed by atoms with E-state index in [1.165, 1.54) is 25.0 Å². The zero-order valence-electron chi connectivity index (χ0n) is 18.0. The standard InChI is InChI=1S/C23H22N2O6S/c1-12-8-13(2)10-16(9-12)25-21(27)17(20(26)24-23(25)32)11-15-6-5-7-18(30-4)19(15)31-14(3)22(28)29/h5-11,14H,1-4H3,(H,28,29)(H,24,26,32)/b17-11+/t14-/m0/s1. The summed E-state index contributed by atoms with van der Waals surface area (Å²) in [6, 6.07) is 10.4. The number of methoxy groups -OCH3 is 1. The number of hydrogen-bond acceptors (Lipinski definition) is 6. The molecule has 9 heteroatoms. The summed E-state index contributed by atoms with van der Waals surface area (Å²) in [7, 11) is 1.41. The Morgan fingerprint density at radius 1 is 1.19 bits per heavy atom. The molecule has 0 spiro atoms. The van der Waals surface area contributed by atoms with E-state index in [-0.39, 0.29) is 22.2 Å². The van der Waals surface area contributed by atoms with E-state index in [0.717, 1.165) is 11.1 Å². The first kappa shape index (κ1) is 23.0. The number of nitrogens with one attached hydrogen (secondary N) is 1. The number of amides is 2. The molecule has 0 bridgehead atoms. The van der Waals surface area contributed by atoms with Crippen LogP contribution in [0.5, 0.6) is 11.5 Å². The fourth-order valence-corrected chi connectivity index (χ4v) is 3.57. The Kier molecular flexibility index (Phi) is 6.59. The summed E-state index contributed by atoms with van der Waals surface area (Å²) in [6.07, 6.45) is 0.153. The summed E-state index contributed by atoms with van der Waals surface area (Å²) in [5.74, 6) is -2.08. The number of benzene rings is 2. The zero-order valence-corrected chi connectivity index (χ0v) is 18.8. The van der Waals surface area contributed by atoms with Crippen molar-refractivity contribution in [3.05, 3.63) is 58.7 Å². The third kappa shape index (κ3) is 4.62. The molecule has 8 nitrogen and oxygen atoms in total. The number of carbonyl (C=O) groups excluding carboxylic acids is 2. The number of aryl methyl sites for hydroxylation is 2. The van der Waals surface area contributed by atoms with Crippen LogP contribution in [0.25, 0.3) is 6.08 Å². The normalized spacial score (nSPS) is 16.1. The maximum absolute atomic E-state index is 13.3. The van der Waals surface area contributed by atoms with Crippen molar-refractivity contribution in [1.82, 2.24) is 5.32 Å². The van der Waals surface area contributed by atoms with E-state index in [2.05, 4.69) is 5.32 Å². The summed E-state index contributed by atoms with van der Waals surface area (Å²) in [6.45, 7) is 5.16. The zero-order chi connectivity index (χ0) is 23.6. The Hall–Kier alpha value is -3.72. The van der Waals surface area contributed by atoms with Crippen LogP contribution >= 0.6 is 12.2 Å². The van der Waals surface area contributed by atoms with Gasteiger partial charge in [-0.15, -0.1) is 0 Å². The summed E-state index contributed by atoms with van der Waals surface area (Å²) >= 11 is 5.25. The highest BCUT2D eigenvalue weighted by molar-refractivity contribution is 7.80. The predicted molar refractivity (Wildman–Crippen MR) is 123 cm³/mol. The molecule has 3 rings (SSSR count). The number of carbonyl (C=O) groups is 3. The van der Waals surface area contributed by atoms with Gasteiger partial charge < -0.3 is 14.6 Å². The molecular weight excluding hydrogens is 432 g/mol. The summed E-state index contributed by atoms with van der Waals surface area (Å²) in [5, 5.41) is 11.7. The third-order valence-electron chi connectivity index (χ3n) is 4.74. The maximum atomic E-state index is 13.3. The van der Waals surface area contributed by atoms with Crippen LogP contribution in [0.2, 0.25) is 0 Å². The van der Waals surface area contributed by atoms with Crippen molar-refractivity contribution in [1.29, 1.82) is 0 Å². The van der Waals surface area contributed by atoms with Crippen LogP contribution in [0.1, 0.15) is 23.6 Å². The van der Waals surface area contributed by atoms with E-state index in [1.807, 2.05) is 19.9 Å². The molecule has 2 amide bonds. The third-order valence-corrected chi connectivity index (χ3v) is 5.02. The highest BCUT2D eigenvalue weighted by Gasteiger charge is 2.35. The van der Waals surface area contributed by atoms with Gasteiger partial charge in [-0.2, -0.15) is 0 Å². The SMILES string of the molecule is COc1cccc(/C=C2\C(=O)NC(=S)N(c3cc(C)cc(C)c3)C2=O)c1O[C@@H](C)C(=O)O. The fourth-order valence-electron chi connectivity index (χ4n) is 3.29. The molecule has 1 atom stereocenters. The van der Waals surface area contributed by atoms with Crippen LogP contribution in [-0.2, 0) is 14.4 Å². The van der Waals surface area contributed by atoms with Crippen molar-refractivity contribution in [3.8, 4) is 11.5 Å². The van der Waals surface area contributed by atoms with E-state index < -0.39 is 23.9 Å². The molecule has 2 N–H and O–H groups in total. The van der Waals surface area contributed by atoms with Crippen LogP contribution in [0.15, 0.2) is 42.0 Å². The van der Waals surface area contributed by atoms with Gasteiger partial charge in [-0.3, -0.25) is 19.8 Å². The number of anilines is 1. The Morgan fingerprint density at radius 3 is 2.44 bits per heavy atom. The first-order valence-electron chi connectivity index (χ1n) is 9.68. The number of nitrogens with zero attached hydrogens (tertiary/aromatic N) is 1. The van der Waals surface area contributed by atoms with Gasteiger partial charge in [0.15, 0.2) is 22.7 Å². The van der Waals surface area contributed by atoms with Gasteiger partial charge in [0.1, 0.15) is 5.57 Å². The number of rotatable bonds is 6. The van der Waals surface area contributed by atoms with E-state index in [0.29, 0.717) is 11.3 Å². The molecule has 1 fully saturated rings. The molecule has 2 aromatic carbocycles. The van der Waals surface area contributed by atoms with Crippen LogP contribution < -0.4 is 19.7 Å². The van der Waals surface area contributed by atoms with Crippen LogP contribution in [0.3, 0.4) is 0 Å². The summed E-state index contributed by atoms with van der Waals surface area (Å²) < 4.78 is 10.8. The van der Waals surface area contributed by atoms with Gasteiger partial charge in [-0.05, 0) is 68.4 Å². The summed E-state index contributed by atoms with van der Waals surface area (Å²) in [5.41, 5.74) is 2.53. The number of ether oxygens (including phenoxy) is 2.